The first-order valence-electron chi connectivity index (χ1n) is 17.9. The van der Waals surface area contributed by atoms with E-state index in [4.69, 9.17) is 38.2 Å². The SMILES string of the molecule is c1ccc(-c2nc(-c3ccccc3)nc(-c3ccc4nc(-c5ccc(-c6cccc7c6oc6c(-c8nc9ccccc9o8)cccc67)cc5)oc4c3)n2)cc1. The van der Waals surface area contributed by atoms with Crippen molar-refractivity contribution >= 4 is 44.1 Å². The van der Waals surface area contributed by atoms with E-state index in [-0.39, 0.29) is 0 Å². The molecule has 0 amide bonds. The number of aromatic nitrogens is 5. The number of oxazole rings is 2. The van der Waals surface area contributed by atoms with Gasteiger partial charge >= 0.3 is 0 Å². The van der Waals surface area contributed by atoms with E-state index in [0.717, 1.165) is 77.5 Å². The lowest BCUT2D eigenvalue weighted by atomic mass is 10.0. The summed E-state index contributed by atoms with van der Waals surface area (Å²) in [4.78, 5) is 24.1. The molecule has 8 heteroatoms. The van der Waals surface area contributed by atoms with Crippen molar-refractivity contribution in [3.63, 3.8) is 0 Å². The highest BCUT2D eigenvalue weighted by molar-refractivity contribution is 6.12. The van der Waals surface area contributed by atoms with Gasteiger partial charge in [-0.15, -0.1) is 0 Å². The monoisotopic (exact) mass is 709 g/mol. The average Bonchev–Trinajstić information content (AvgIpc) is 3.99. The first-order chi connectivity index (χ1) is 27.2. The molecule has 0 saturated carbocycles. The van der Waals surface area contributed by atoms with Gasteiger partial charge in [-0.2, -0.15) is 0 Å². The number of hydrogen-bond donors (Lipinski definition) is 0. The Bertz CT molecular complexity index is 3110. The standard InChI is InChI=1S/C47H27N5O3/c1-3-11-29(12-4-1)43-50-44(30-13-5-2-6-14-30)52-45(51-43)32-25-26-38-40(27-32)54-46(48-38)31-23-21-28(22-24-31)33-15-9-16-34-35-17-10-18-36(42(35)55-41(33)34)47-49-37-19-7-8-20-39(37)53-47/h1-27H. The van der Waals surface area contributed by atoms with Crippen LogP contribution in [-0.4, -0.2) is 24.9 Å². The number of rotatable bonds is 6. The average molecular weight is 710 g/mol. The van der Waals surface area contributed by atoms with Gasteiger partial charge in [0.1, 0.15) is 22.2 Å². The molecule has 4 aromatic heterocycles. The molecule has 258 valence electrons. The topological polar surface area (TPSA) is 104 Å². The second kappa shape index (κ2) is 12.5. The molecule has 0 N–H and O–H groups in total. The zero-order valence-corrected chi connectivity index (χ0v) is 29.0. The molecule has 0 fully saturated rings. The molecule has 0 spiro atoms. The van der Waals surface area contributed by atoms with Gasteiger partial charge in [-0.1, -0.05) is 115 Å². The molecule has 0 aliphatic rings. The van der Waals surface area contributed by atoms with E-state index in [1.807, 2.05) is 127 Å². The zero-order valence-electron chi connectivity index (χ0n) is 29.0. The maximum Gasteiger partial charge on any atom is 0.231 e. The number of furan rings is 1. The Morgan fingerprint density at radius 2 is 0.836 bits per heavy atom. The fraction of sp³-hybridized carbons (Fsp3) is 0. The minimum Gasteiger partial charge on any atom is -0.455 e. The molecule has 0 aliphatic heterocycles. The molecule has 4 heterocycles. The molecule has 8 nitrogen and oxygen atoms in total. The van der Waals surface area contributed by atoms with Crippen LogP contribution in [0.5, 0.6) is 0 Å². The molecule has 0 unspecified atom stereocenters. The molecule has 11 aromatic rings. The molecular weight excluding hydrogens is 683 g/mol. The summed E-state index contributed by atoms with van der Waals surface area (Å²) in [5, 5.41) is 2.03. The Kier molecular flexibility index (Phi) is 6.99. The summed E-state index contributed by atoms with van der Waals surface area (Å²) >= 11 is 0. The van der Waals surface area contributed by atoms with Crippen molar-refractivity contribution in [2.75, 3.05) is 0 Å². The first kappa shape index (κ1) is 30.9. The van der Waals surface area contributed by atoms with Crippen molar-refractivity contribution in [2.45, 2.75) is 0 Å². The van der Waals surface area contributed by atoms with Gasteiger partial charge in [0, 0.05) is 38.6 Å². The summed E-state index contributed by atoms with van der Waals surface area (Å²) in [6.07, 6.45) is 0. The maximum atomic E-state index is 6.64. The van der Waals surface area contributed by atoms with Gasteiger partial charge in [-0.05, 0) is 54.1 Å². The minimum atomic E-state index is 0.522. The lowest BCUT2D eigenvalue weighted by molar-refractivity contribution is 0.615. The molecule has 55 heavy (non-hydrogen) atoms. The quantitative estimate of drug-likeness (QED) is 0.168. The predicted molar refractivity (Wildman–Crippen MR) is 215 cm³/mol. The van der Waals surface area contributed by atoms with Gasteiger partial charge in [-0.25, -0.2) is 24.9 Å². The Morgan fingerprint density at radius 1 is 0.309 bits per heavy atom. The van der Waals surface area contributed by atoms with Crippen molar-refractivity contribution in [1.82, 2.24) is 24.9 Å². The van der Waals surface area contributed by atoms with Crippen LogP contribution in [0.4, 0.5) is 0 Å². The van der Waals surface area contributed by atoms with Crippen molar-refractivity contribution in [3.05, 3.63) is 164 Å². The van der Waals surface area contributed by atoms with Crippen LogP contribution in [-0.2, 0) is 0 Å². The summed E-state index contributed by atoms with van der Waals surface area (Å²) in [5.41, 5.74) is 10.8. The van der Waals surface area contributed by atoms with Crippen molar-refractivity contribution < 1.29 is 13.3 Å². The predicted octanol–water partition coefficient (Wildman–Crippen LogP) is 12.1. The van der Waals surface area contributed by atoms with Gasteiger partial charge in [-0.3, -0.25) is 0 Å². The van der Waals surface area contributed by atoms with Crippen LogP contribution in [0.15, 0.2) is 177 Å². The van der Waals surface area contributed by atoms with Gasteiger partial charge in [0.15, 0.2) is 28.6 Å². The number of fused-ring (bicyclic) bond motifs is 5. The van der Waals surface area contributed by atoms with Crippen molar-refractivity contribution in [3.8, 4) is 68.2 Å². The Labute approximate surface area is 313 Å². The van der Waals surface area contributed by atoms with E-state index >= 15 is 0 Å². The van der Waals surface area contributed by atoms with E-state index in [1.54, 1.807) is 0 Å². The smallest absolute Gasteiger partial charge is 0.231 e. The van der Waals surface area contributed by atoms with E-state index in [9.17, 15) is 0 Å². The van der Waals surface area contributed by atoms with Crippen LogP contribution in [0.3, 0.4) is 0 Å². The Hall–Kier alpha value is -7.71. The summed E-state index contributed by atoms with van der Waals surface area (Å²) in [7, 11) is 0. The van der Waals surface area contributed by atoms with Crippen molar-refractivity contribution in [1.29, 1.82) is 0 Å². The molecule has 11 rings (SSSR count). The largest absolute Gasteiger partial charge is 0.455 e. The molecular formula is C47H27N5O3. The van der Waals surface area contributed by atoms with Crippen LogP contribution in [0.25, 0.3) is 112 Å². The highest BCUT2D eigenvalue weighted by Crippen LogP contribution is 2.40. The second-order valence-electron chi connectivity index (χ2n) is 13.3. The van der Waals surface area contributed by atoms with E-state index in [0.29, 0.717) is 34.8 Å². The summed E-state index contributed by atoms with van der Waals surface area (Å²) < 4.78 is 19.1. The summed E-state index contributed by atoms with van der Waals surface area (Å²) in [5.74, 6) is 2.81. The number of para-hydroxylation sites is 4. The normalized spacial score (nSPS) is 11.6. The van der Waals surface area contributed by atoms with Gasteiger partial charge in [0.2, 0.25) is 11.8 Å². The lowest BCUT2D eigenvalue weighted by Gasteiger charge is -2.08. The van der Waals surface area contributed by atoms with Crippen LogP contribution < -0.4 is 0 Å². The zero-order chi connectivity index (χ0) is 36.3. The molecule has 0 saturated heterocycles. The Balaban J connectivity index is 0.938. The van der Waals surface area contributed by atoms with Crippen LogP contribution in [0.2, 0.25) is 0 Å². The molecule has 0 aliphatic carbocycles. The number of hydrogen-bond acceptors (Lipinski definition) is 8. The van der Waals surface area contributed by atoms with Gasteiger partial charge in [0.25, 0.3) is 0 Å². The molecule has 0 atom stereocenters. The number of benzene rings is 7. The lowest BCUT2D eigenvalue weighted by Crippen LogP contribution is -2.00. The van der Waals surface area contributed by atoms with Gasteiger partial charge < -0.3 is 13.3 Å². The molecule has 0 bridgehead atoms. The summed E-state index contributed by atoms with van der Waals surface area (Å²) in [6, 6.07) is 54.0. The fourth-order valence-corrected chi connectivity index (χ4v) is 7.12. The highest BCUT2D eigenvalue weighted by atomic mass is 16.4. The third-order valence-corrected chi connectivity index (χ3v) is 9.84. The maximum absolute atomic E-state index is 6.64. The minimum absolute atomic E-state index is 0.522. The number of nitrogens with zero attached hydrogens (tertiary/aromatic N) is 5. The van der Waals surface area contributed by atoms with Crippen LogP contribution >= 0.6 is 0 Å². The van der Waals surface area contributed by atoms with E-state index < -0.39 is 0 Å². The van der Waals surface area contributed by atoms with E-state index in [2.05, 4.69) is 36.4 Å². The highest BCUT2D eigenvalue weighted by Gasteiger charge is 2.19. The fourth-order valence-electron chi connectivity index (χ4n) is 7.12. The molecule has 7 aromatic carbocycles. The van der Waals surface area contributed by atoms with Crippen LogP contribution in [0.1, 0.15) is 0 Å². The first-order valence-corrected chi connectivity index (χ1v) is 17.9. The van der Waals surface area contributed by atoms with Crippen LogP contribution in [0, 0.1) is 0 Å². The Morgan fingerprint density at radius 3 is 1.53 bits per heavy atom. The summed E-state index contributed by atoms with van der Waals surface area (Å²) in [6.45, 7) is 0. The second-order valence-corrected chi connectivity index (χ2v) is 13.3. The molecule has 0 radical (unpaired) electrons. The third-order valence-electron chi connectivity index (χ3n) is 9.84. The third kappa shape index (κ3) is 5.35. The van der Waals surface area contributed by atoms with Crippen molar-refractivity contribution in [2.24, 2.45) is 0 Å². The van der Waals surface area contributed by atoms with Gasteiger partial charge in [0.05, 0.1) is 5.56 Å². The van der Waals surface area contributed by atoms with E-state index in [1.165, 1.54) is 0 Å².